The summed E-state index contributed by atoms with van der Waals surface area (Å²) >= 11 is 1.19. The molecule has 2 heterocycles. The molecule has 0 radical (unpaired) electrons. The SMILES string of the molecule is O=C(Nc1ccc(S(=O)(=O)Nc2nccs2)cc1)c1cccc2[nH]ccc12. The van der Waals surface area contributed by atoms with Crippen molar-refractivity contribution in [3.05, 3.63) is 71.9 Å². The first-order valence-electron chi connectivity index (χ1n) is 7.93. The molecular formula is C18H14N4O3S2. The van der Waals surface area contributed by atoms with Crippen LogP contribution in [0.15, 0.2) is 71.2 Å². The molecule has 4 rings (SSSR count). The number of rotatable bonds is 5. The summed E-state index contributed by atoms with van der Waals surface area (Å²) in [5.41, 5.74) is 1.91. The van der Waals surface area contributed by atoms with Crippen molar-refractivity contribution in [2.24, 2.45) is 0 Å². The maximum Gasteiger partial charge on any atom is 0.263 e. The summed E-state index contributed by atoms with van der Waals surface area (Å²) in [4.78, 5) is 19.6. The number of fused-ring (bicyclic) bond motifs is 1. The summed E-state index contributed by atoms with van der Waals surface area (Å²) in [6, 6.07) is 13.2. The molecule has 7 nitrogen and oxygen atoms in total. The van der Waals surface area contributed by atoms with Gasteiger partial charge in [-0.25, -0.2) is 13.4 Å². The minimum atomic E-state index is -3.72. The molecule has 9 heteroatoms. The van der Waals surface area contributed by atoms with Crippen molar-refractivity contribution in [1.82, 2.24) is 9.97 Å². The van der Waals surface area contributed by atoms with E-state index in [9.17, 15) is 13.2 Å². The number of carbonyl (C=O) groups excluding carboxylic acids is 1. The van der Waals surface area contributed by atoms with E-state index in [4.69, 9.17) is 0 Å². The van der Waals surface area contributed by atoms with Crippen LogP contribution in [0.5, 0.6) is 0 Å². The van der Waals surface area contributed by atoms with Crippen LogP contribution in [0, 0.1) is 0 Å². The van der Waals surface area contributed by atoms with Crippen LogP contribution < -0.4 is 10.0 Å². The highest BCUT2D eigenvalue weighted by Gasteiger charge is 2.16. The van der Waals surface area contributed by atoms with Crippen LogP contribution in [0.1, 0.15) is 10.4 Å². The third-order valence-electron chi connectivity index (χ3n) is 3.92. The molecular weight excluding hydrogens is 384 g/mol. The number of nitrogens with zero attached hydrogens (tertiary/aromatic N) is 1. The molecule has 27 heavy (non-hydrogen) atoms. The summed E-state index contributed by atoms with van der Waals surface area (Å²) in [7, 11) is -3.72. The minimum absolute atomic E-state index is 0.0865. The van der Waals surface area contributed by atoms with Crippen LogP contribution in [0.3, 0.4) is 0 Å². The van der Waals surface area contributed by atoms with Gasteiger partial charge in [-0.1, -0.05) is 6.07 Å². The second kappa shape index (κ2) is 6.86. The number of nitrogens with one attached hydrogen (secondary N) is 3. The van der Waals surface area contributed by atoms with Gasteiger partial charge in [0.1, 0.15) is 0 Å². The molecule has 0 bridgehead atoms. The Kier molecular flexibility index (Phi) is 4.38. The summed E-state index contributed by atoms with van der Waals surface area (Å²) in [5, 5.41) is 5.59. The zero-order chi connectivity index (χ0) is 18.9. The average Bonchev–Trinajstić information content (AvgIpc) is 3.33. The lowest BCUT2D eigenvalue weighted by Crippen LogP contribution is -2.14. The number of amides is 1. The molecule has 2 aromatic carbocycles. The van der Waals surface area contributed by atoms with E-state index in [1.165, 1.54) is 29.7 Å². The quantitative estimate of drug-likeness (QED) is 0.477. The third-order valence-corrected chi connectivity index (χ3v) is 6.09. The van der Waals surface area contributed by atoms with Crippen LogP contribution in [0.4, 0.5) is 10.8 Å². The molecule has 0 fully saturated rings. The van der Waals surface area contributed by atoms with Crippen molar-refractivity contribution in [3.63, 3.8) is 0 Å². The second-order valence-electron chi connectivity index (χ2n) is 5.67. The van der Waals surface area contributed by atoms with E-state index in [0.29, 0.717) is 16.4 Å². The van der Waals surface area contributed by atoms with E-state index < -0.39 is 10.0 Å². The minimum Gasteiger partial charge on any atom is -0.361 e. The van der Waals surface area contributed by atoms with Gasteiger partial charge in [-0.05, 0) is 42.5 Å². The molecule has 1 amide bonds. The molecule has 4 aromatic rings. The number of hydrogen-bond acceptors (Lipinski definition) is 5. The van der Waals surface area contributed by atoms with Crippen molar-refractivity contribution in [1.29, 1.82) is 0 Å². The number of carbonyl (C=O) groups is 1. The number of H-pyrrole nitrogens is 1. The van der Waals surface area contributed by atoms with Gasteiger partial charge in [0.2, 0.25) is 0 Å². The first kappa shape index (κ1) is 17.3. The Bertz CT molecular complexity index is 1200. The van der Waals surface area contributed by atoms with Crippen LogP contribution in [-0.2, 0) is 10.0 Å². The lowest BCUT2D eigenvalue weighted by atomic mass is 10.1. The monoisotopic (exact) mass is 398 g/mol. The van der Waals surface area contributed by atoms with E-state index in [1.807, 2.05) is 12.1 Å². The van der Waals surface area contributed by atoms with Gasteiger partial charge in [-0.3, -0.25) is 9.52 Å². The van der Waals surface area contributed by atoms with Crippen molar-refractivity contribution in [2.75, 3.05) is 10.0 Å². The molecule has 0 saturated heterocycles. The van der Waals surface area contributed by atoms with Crippen molar-refractivity contribution in [3.8, 4) is 0 Å². The van der Waals surface area contributed by atoms with Crippen LogP contribution in [-0.4, -0.2) is 24.3 Å². The van der Waals surface area contributed by atoms with Crippen LogP contribution in [0.25, 0.3) is 10.9 Å². The highest BCUT2D eigenvalue weighted by molar-refractivity contribution is 7.93. The standard InChI is InChI=1S/C18H14N4O3S2/c23-17(15-2-1-3-16-14(15)8-9-19-16)21-12-4-6-13(7-5-12)27(24,25)22-18-20-10-11-26-18/h1-11,19H,(H,20,22)(H,21,23). The Balaban J connectivity index is 1.52. The van der Waals surface area contributed by atoms with Gasteiger partial charge >= 0.3 is 0 Å². The first-order valence-corrected chi connectivity index (χ1v) is 10.3. The highest BCUT2D eigenvalue weighted by atomic mass is 32.2. The number of aromatic nitrogens is 2. The Morgan fingerprint density at radius 2 is 1.89 bits per heavy atom. The molecule has 0 unspecified atom stereocenters. The predicted octanol–water partition coefficient (Wildman–Crippen LogP) is 3.68. The number of sulfonamides is 1. The third kappa shape index (κ3) is 3.55. The Hall–Kier alpha value is -3.17. The van der Waals surface area contributed by atoms with E-state index in [2.05, 4.69) is 20.0 Å². The Morgan fingerprint density at radius 1 is 1.07 bits per heavy atom. The first-order chi connectivity index (χ1) is 13.0. The number of anilines is 2. The van der Waals surface area contributed by atoms with Gasteiger partial charge in [-0.15, -0.1) is 11.3 Å². The van der Waals surface area contributed by atoms with Gasteiger partial charge in [0.25, 0.3) is 15.9 Å². The van der Waals surface area contributed by atoms with Crippen LogP contribution in [0.2, 0.25) is 0 Å². The summed E-state index contributed by atoms with van der Waals surface area (Å²) in [6.45, 7) is 0. The Morgan fingerprint density at radius 3 is 2.63 bits per heavy atom. The molecule has 0 spiro atoms. The number of aromatic amines is 1. The van der Waals surface area contributed by atoms with Crippen molar-refractivity contribution in [2.45, 2.75) is 4.90 Å². The molecule has 3 N–H and O–H groups in total. The molecule has 136 valence electrons. The van der Waals surface area contributed by atoms with Gasteiger partial charge in [0, 0.05) is 39.9 Å². The topological polar surface area (TPSA) is 104 Å². The van der Waals surface area contributed by atoms with Gasteiger partial charge in [-0.2, -0.15) is 0 Å². The predicted molar refractivity (Wildman–Crippen MR) is 106 cm³/mol. The summed E-state index contributed by atoms with van der Waals surface area (Å²) < 4.78 is 27.1. The number of benzene rings is 2. The number of thiazole rings is 1. The summed E-state index contributed by atoms with van der Waals surface area (Å²) in [6.07, 6.45) is 3.29. The van der Waals surface area contributed by atoms with Crippen molar-refractivity contribution >= 4 is 49.0 Å². The molecule has 0 aliphatic rings. The molecule has 0 aliphatic heterocycles. The lowest BCUT2D eigenvalue weighted by molar-refractivity contribution is 0.102. The summed E-state index contributed by atoms with van der Waals surface area (Å²) in [5.74, 6) is -0.267. The fraction of sp³-hybridized carbons (Fsp3) is 0. The number of hydrogen-bond donors (Lipinski definition) is 3. The van der Waals surface area contributed by atoms with Gasteiger partial charge in [0.05, 0.1) is 4.90 Å². The molecule has 2 aromatic heterocycles. The smallest absolute Gasteiger partial charge is 0.263 e. The molecule has 0 aliphatic carbocycles. The zero-order valence-corrected chi connectivity index (χ0v) is 15.5. The van der Waals surface area contributed by atoms with Gasteiger partial charge < -0.3 is 10.3 Å². The van der Waals surface area contributed by atoms with Gasteiger partial charge in [0.15, 0.2) is 5.13 Å². The maximum absolute atomic E-state index is 12.6. The lowest BCUT2D eigenvalue weighted by Gasteiger charge is -2.08. The fourth-order valence-corrected chi connectivity index (χ4v) is 4.44. The Labute approximate surface area is 159 Å². The van der Waals surface area contributed by atoms with E-state index in [0.717, 1.165) is 10.9 Å². The fourth-order valence-electron chi connectivity index (χ4n) is 2.65. The molecule has 0 atom stereocenters. The largest absolute Gasteiger partial charge is 0.361 e. The average molecular weight is 398 g/mol. The van der Waals surface area contributed by atoms with E-state index in [-0.39, 0.29) is 10.8 Å². The zero-order valence-electron chi connectivity index (χ0n) is 13.8. The van der Waals surface area contributed by atoms with E-state index >= 15 is 0 Å². The highest BCUT2D eigenvalue weighted by Crippen LogP contribution is 2.21. The van der Waals surface area contributed by atoms with Crippen molar-refractivity contribution < 1.29 is 13.2 Å². The van der Waals surface area contributed by atoms with E-state index in [1.54, 1.807) is 35.8 Å². The second-order valence-corrected chi connectivity index (χ2v) is 8.24. The normalized spacial score (nSPS) is 11.4. The maximum atomic E-state index is 12.6. The molecule has 0 saturated carbocycles. The van der Waals surface area contributed by atoms with Crippen LogP contribution >= 0.6 is 11.3 Å².